The van der Waals surface area contributed by atoms with Crippen molar-refractivity contribution >= 4 is 21.7 Å². The zero-order valence-electron chi connectivity index (χ0n) is 20.5. The lowest BCUT2D eigenvalue weighted by Crippen LogP contribution is -2.19. The second-order valence-electron chi connectivity index (χ2n) is 8.87. The molecule has 0 amide bonds. The van der Waals surface area contributed by atoms with Gasteiger partial charge in [0.2, 0.25) is 10.0 Å². The molecule has 1 aromatic carbocycles. The Morgan fingerprint density at radius 1 is 0.844 bits per heavy atom. The Morgan fingerprint density at radius 3 is 1.91 bits per heavy atom. The summed E-state index contributed by atoms with van der Waals surface area (Å²) in [7, 11) is -1.86. The van der Waals surface area contributed by atoms with Crippen LogP contribution in [-0.2, 0) is 26.0 Å². The van der Waals surface area contributed by atoms with E-state index in [9.17, 15) is 13.2 Å². The van der Waals surface area contributed by atoms with Gasteiger partial charge in [-0.3, -0.25) is 9.52 Å². The van der Waals surface area contributed by atoms with Crippen LogP contribution in [0, 0.1) is 5.92 Å². The molecule has 0 radical (unpaired) electrons. The molecule has 0 fully saturated rings. The lowest BCUT2D eigenvalue weighted by atomic mass is 9.93. The SMILES string of the molecule is CCCCCCCCCCCCC(Cc1ccc(NS(=O)(=O)CCCC)cc1)C(=O)OC. The van der Waals surface area contributed by atoms with Crippen LogP contribution in [0.4, 0.5) is 5.69 Å². The highest BCUT2D eigenvalue weighted by Crippen LogP contribution is 2.21. The Balaban J connectivity index is 2.40. The van der Waals surface area contributed by atoms with Crippen molar-refractivity contribution in [1.82, 2.24) is 0 Å². The average molecular weight is 468 g/mol. The number of nitrogens with one attached hydrogen (secondary N) is 1. The van der Waals surface area contributed by atoms with Gasteiger partial charge in [0.25, 0.3) is 0 Å². The molecule has 0 spiro atoms. The van der Waals surface area contributed by atoms with Crippen LogP contribution in [0.3, 0.4) is 0 Å². The molecule has 0 aliphatic rings. The van der Waals surface area contributed by atoms with E-state index in [1.807, 2.05) is 19.1 Å². The van der Waals surface area contributed by atoms with E-state index in [0.717, 1.165) is 31.2 Å². The first kappa shape index (κ1) is 28.5. The average Bonchev–Trinajstić information content (AvgIpc) is 2.78. The van der Waals surface area contributed by atoms with Crippen molar-refractivity contribution in [3.8, 4) is 0 Å². The molecule has 0 heterocycles. The van der Waals surface area contributed by atoms with Crippen molar-refractivity contribution in [3.05, 3.63) is 29.8 Å². The summed E-state index contributed by atoms with van der Waals surface area (Å²) in [6, 6.07) is 7.33. The molecule has 1 atom stereocenters. The zero-order chi connectivity index (χ0) is 23.7. The quantitative estimate of drug-likeness (QED) is 0.178. The van der Waals surface area contributed by atoms with Gasteiger partial charge >= 0.3 is 5.97 Å². The van der Waals surface area contributed by atoms with Crippen LogP contribution in [0.1, 0.15) is 103 Å². The minimum atomic E-state index is -3.30. The molecule has 5 nitrogen and oxygen atoms in total. The summed E-state index contributed by atoms with van der Waals surface area (Å²) in [6.45, 7) is 4.22. The van der Waals surface area contributed by atoms with E-state index in [1.54, 1.807) is 12.1 Å². The number of hydrogen-bond acceptors (Lipinski definition) is 4. The second-order valence-corrected chi connectivity index (χ2v) is 10.7. The summed E-state index contributed by atoms with van der Waals surface area (Å²) in [5.74, 6) is -0.180. The van der Waals surface area contributed by atoms with Crippen molar-refractivity contribution < 1.29 is 17.9 Å². The van der Waals surface area contributed by atoms with Crippen LogP contribution < -0.4 is 4.72 Å². The van der Waals surface area contributed by atoms with Crippen LogP contribution in [0.25, 0.3) is 0 Å². The largest absolute Gasteiger partial charge is 0.469 e. The predicted octanol–water partition coefficient (Wildman–Crippen LogP) is 6.87. The van der Waals surface area contributed by atoms with Crippen molar-refractivity contribution in [2.45, 2.75) is 104 Å². The summed E-state index contributed by atoms with van der Waals surface area (Å²) >= 11 is 0. The van der Waals surface area contributed by atoms with Gasteiger partial charge in [-0.05, 0) is 37.0 Å². The highest BCUT2D eigenvalue weighted by Gasteiger charge is 2.19. The first-order chi connectivity index (χ1) is 15.4. The van der Waals surface area contributed by atoms with Crippen LogP contribution in [0.5, 0.6) is 0 Å². The molecule has 0 bridgehead atoms. The summed E-state index contributed by atoms with van der Waals surface area (Å²) in [5.41, 5.74) is 1.58. The van der Waals surface area contributed by atoms with Crippen molar-refractivity contribution in [2.24, 2.45) is 5.92 Å². The van der Waals surface area contributed by atoms with Crippen molar-refractivity contribution in [2.75, 3.05) is 17.6 Å². The van der Waals surface area contributed by atoms with Crippen LogP contribution >= 0.6 is 0 Å². The van der Waals surface area contributed by atoms with E-state index < -0.39 is 10.0 Å². The number of hydrogen-bond donors (Lipinski definition) is 1. The van der Waals surface area contributed by atoms with Crippen molar-refractivity contribution in [3.63, 3.8) is 0 Å². The number of esters is 1. The van der Waals surface area contributed by atoms with Gasteiger partial charge in [-0.2, -0.15) is 0 Å². The standard InChI is InChI=1S/C26H45NO4S/c1-4-6-8-9-10-11-12-13-14-15-16-24(26(28)31-3)22-23-17-19-25(20-18-23)27-32(29,30)21-7-5-2/h17-20,24,27H,4-16,21-22H2,1-3H3. The van der Waals surface area contributed by atoms with E-state index >= 15 is 0 Å². The Labute approximate surface area is 196 Å². The molecule has 1 rings (SSSR count). The number of methoxy groups -OCH3 is 1. The Morgan fingerprint density at radius 2 is 1.38 bits per heavy atom. The Hall–Kier alpha value is -1.56. The van der Waals surface area contributed by atoms with Gasteiger partial charge in [0.05, 0.1) is 18.8 Å². The molecule has 6 heteroatoms. The van der Waals surface area contributed by atoms with Crippen LogP contribution in [0.15, 0.2) is 24.3 Å². The maximum atomic E-state index is 12.2. The molecule has 0 saturated heterocycles. The van der Waals surface area contributed by atoms with Crippen LogP contribution in [-0.4, -0.2) is 27.2 Å². The fourth-order valence-electron chi connectivity index (χ4n) is 3.91. The van der Waals surface area contributed by atoms with Gasteiger partial charge in [0.15, 0.2) is 0 Å². The predicted molar refractivity (Wildman–Crippen MR) is 134 cm³/mol. The van der Waals surface area contributed by atoms with Gasteiger partial charge in [-0.15, -0.1) is 0 Å². The number of unbranched alkanes of at least 4 members (excludes halogenated alkanes) is 10. The summed E-state index contributed by atoms with van der Waals surface area (Å²) in [5, 5.41) is 0. The maximum absolute atomic E-state index is 12.2. The highest BCUT2D eigenvalue weighted by molar-refractivity contribution is 7.92. The van der Waals surface area contributed by atoms with E-state index in [0.29, 0.717) is 18.5 Å². The van der Waals surface area contributed by atoms with Gasteiger partial charge in [-0.25, -0.2) is 8.42 Å². The monoisotopic (exact) mass is 467 g/mol. The highest BCUT2D eigenvalue weighted by atomic mass is 32.2. The fraction of sp³-hybridized carbons (Fsp3) is 0.731. The third-order valence-electron chi connectivity index (χ3n) is 5.92. The molecule has 0 aliphatic carbocycles. The second kappa shape index (κ2) is 17.0. The molecule has 1 N–H and O–H groups in total. The van der Waals surface area contributed by atoms with Crippen molar-refractivity contribution in [1.29, 1.82) is 0 Å². The number of anilines is 1. The smallest absolute Gasteiger partial charge is 0.308 e. The molecular weight excluding hydrogens is 422 g/mol. The Kier molecular flexibility index (Phi) is 15.1. The number of benzene rings is 1. The number of carbonyl (C=O) groups is 1. The topological polar surface area (TPSA) is 72.5 Å². The van der Waals surface area contributed by atoms with Crippen LogP contribution in [0.2, 0.25) is 0 Å². The molecule has 0 aliphatic heterocycles. The fourth-order valence-corrected chi connectivity index (χ4v) is 5.17. The molecule has 0 saturated carbocycles. The van der Waals surface area contributed by atoms with E-state index in [2.05, 4.69) is 11.6 Å². The number of carbonyl (C=O) groups excluding carboxylic acids is 1. The molecule has 32 heavy (non-hydrogen) atoms. The Bertz CT molecular complexity index is 716. The lowest BCUT2D eigenvalue weighted by Gasteiger charge is -2.15. The van der Waals surface area contributed by atoms with Gasteiger partial charge in [0, 0.05) is 5.69 Å². The number of ether oxygens (including phenoxy) is 1. The maximum Gasteiger partial charge on any atom is 0.308 e. The number of rotatable bonds is 19. The van der Waals surface area contributed by atoms with E-state index in [1.165, 1.54) is 58.5 Å². The third kappa shape index (κ3) is 13.1. The van der Waals surface area contributed by atoms with E-state index in [-0.39, 0.29) is 17.6 Å². The normalized spacial score (nSPS) is 12.5. The third-order valence-corrected chi connectivity index (χ3v) is 7.29. The summed E-state index contributed by atoms with van der Waals surface area (Å²) in [6.07, 6.45) is 15.7. The molecule has 1 unspecified atom stereocenters. The summed E-state index contributed by atoms with van der Waals surface area (Å²) in [4.78, 5) is 12.2. The molecular formula is C26H45NO4S. The van der Waals surface area contributed by atoms with Gasteiger partial charge < -0.3 is 4.74 Å². The molecule has 1 aromatic rings. The van der Waals surface area contributed by atoms with E-state index in [4.69, 9.17) is 4.74 Å². The lowest BCUT2D eigenvalue weighted by molar-refractivity contribution is -0.145. The first-order valence-electron chi connectivity index (χ1n) is 12.6. The minimum Gasteiger partial charge on any atom is -0.469 e. The zero-order valence-corrected chi connectivity index (χ0v) is 21.4. The number of sulfonamides is 1. The molecule has 184 valence electrons. The van der Waals surface area contributed by atoms with Gasteiger partial charge in [0.1, 0.15) is 0 Å². The minimum absolute atomic E-state index is 0.133. The first-order valence-corrected chi connectivity index (χ1v) is 14.2. The van der Waals surface area contributed by atoms with Gasteiger partial charge in [-0.1, -0.05) is 96.6 Å². The summed E-state index contributed by atoms with van der Waals surface area (Å²) < 4.78 is 31.7. The molecule has 0 aromatic heterocycles.